The average Bonchev–Trinajstić information content (AvgIpc) is 1.69. The Morgan fingerprint density at radius 2 is 1.09 bits per heavy atom. The number of pyridine rings is 1. The van der Waals surface area contributed by atoms with E-state index < -0.39 is 0 Å². The number of furan rings is 2. The summed E-state index contributed by atoms with van der Waals surface area (Å²) in [5.41, 5.74) is 27.0. The Hall–Kier alpha value is -8.72. The molecule has 0 aliphatic carbocycles. The van der Waals surface area contributed by atoms with Gasteiger partial charge in [-0.3, -0.25) is 24.0 Å². The SMILES string of the molecule is COc1cccc(-c2ccc(C(=O)N3CCC4(CC3)COc3ccc(CN)cc34)o2)c1.NCc1ccc2c(c1)C1(CCN(C(=O)c3ccc(Cn4cc(Cl)cn4)o3)CC1)CO2.NCc1ccc2c(c1)C1(CCN(C(=O)c3cncc(-c4cccs4)c3)CC1)CO2. The summed E-state index contributed by atoms with van der Waals surface area (Å²) in [5, 5.41) is 6.74. The zero-order chi connectivity index (χ0) is 62.0. The van der Waals surface area contributed by atoms with Crippen molar-refractivity contribution in [1.82, 2.24) is 29.5 Å². The number of ether oxygens (including phenoxy) is 4. The molecule has 6 N–H and O–H groups in total. The topological polar surface area (TPSA) is 233 Å². The van der Waals surface area contributed by atoms with E-state index in [4.69, 9.17) is 56.6 Å². The lowest BCUT2D eigenvalue weighted by Gasteiger charge is -2.38. The van der Waals surface area contributed by atoms with E-state index >= 15 is 0 Å². The van der Waals surface area contributed by atoms with E-state index in [1.807, 2.05) is 117 Å². The molecule has 15 rings (SSSR count). The number of aromatic nitrogens is 3. The molecule has 3 amide bonds. The van der Waals surface area contributed by atoms with Gasteiger partial charge in [-0.15, -0.1) is 11.3 Å². The highest BCUT2D eigenvalue weighted by atomic mass is 35.5. The lowest BCUT2D eigenvalue weighted by molar-refractivity contribution is 0.0608. The van der Waals surface area contributed by atoms with Crippen LogP contribution in [0.5, 0.6) is 23.0 Å². The van der Waals surface area contributed by atoms with Crippen molar-refractivity contribution < 1.29 is 42.2 Å². The normalized spacial score (nSPS) is 17.1. The summed E-state index contributed by atoms with van der Waals surface area (Å²) >= 11 is 7.55. The molecule has 3 saturated heterocycles. The van der Waals surface area contributed by atoms with Gasteiger partial charge in [0.15, 0.2) is 11.5 Å². The van der Waals surface area contributed by atoms with Crippen molar-refractivity contribution in [3.05, 3.63) is 213 Å². The van der Waals surface area contributed by atoms with Gasteiger partial charge in [0.05, 0.1) is 50.3 Å². The number of amides is 3. The Balaban J connectivity index is 0.000000124. The summed E-state index contributed by atoms with van der Waals surface area (Å²) < 4.78 is 36.5. The van der Waals surface area contributed by atoms with Crippen LogP contribution in [0.15, 0.2) is 160 Å². The van der Waals surface area contributed by atoms with Crippen LogP contribution in [-0.2, 0) is 42.4 Å². The van der Waals surface area contributed by atoms with Crippen LogP contribution in [0.2, 0.25) is 5.02 Å². The van der Waals surface area contributed by atoms with Crippen molar-refractivity contribution in [2.75, 3.05) is 66.2 Å². The zero-order valence-corrected chi connectivity index (χ0v) is 51.8. The van der Waals surface area contributed by atoms with Gasteiger partial charge < -0.3 is 59.7 Å². The number of nitrogens with two attached hydrogens (primary N) is 3. The van der Waals surface area contributed by atoms with Gasteiger partial charge in [-0.25, -0.2) is 0 Å². The van der Waals surface area contributed by atoms with E-state index in [0.717, 1.165) is 107 Å². The van der Waals surface area contributed by atoms with Crippen LogP contribution in [0.3, 0.4) is 0 Å². The molecule has 464 valence electrons. The maximum Gasteiger partial charge on any atom is 0.289 e. The lowest BCUT2D eigenvalue weighted by atomic mass is 9.74. The van der Waals surface area contributed by atoms with Crippen LogP contribution in [0.4, 0.5) is 0 Å². The van der Waals surface area contributed by atoms with Crippen LogP contribution in [0.1, 0.15) is 109 Å². The molecule has 11 heterocycles. The third-order valence-corrected chi connectivity index (χ3v) is 20.0. The number of hydrogen-bond donors (Lipinski definition) is 3. The molecule has 20 heteroatoms. The summed E-state index contributed by atoms with van der Waals surface area (Å²) in [6.45, 7) is 8.12. The molecule has 0 radical (unpaired) electrons. The van der Waals surface area contributed by atoms with E-state index in [1.54, 1.807) is 53.9 Å². The van der Waals surface area contributed by atoms with E-state index in [-0.39, 0.29) is 34.0 Å². The molecular weight excluding hydrogens is 1180 g/mol. The van der Waals surface area contributed by atoms with E-state index in [1.165, 1.54) is 16.7 Å². The molecule has 0 saturated carbocycles. The number of carbonyl (C=O) groups excluding carboxylic acids is 3. The lowest BCUT2D eigenvalue weighted by Crippen LogP contribution is -2.46. The van der Waals surface area contributed by atoms with E-state index in [2.05, 4.69) is 28.3 Å². The standard InChI is InChI=1S/C25H26N2O4.C23H23N3O2S.C22H23ClN4O3/c1-29-19-4-2-3-18(14-19)21-7-8-23(31-21)24(28)27-11-9-25(10-12-27)16-30-22-6-5-17(15-26)13-20(22)25;24-12-16-3-4-20-19(10-16)23(15-28-20)5-7-26(8-6-23)22(27)18-11-17(13-25-14-18)21-2-1-9-29-21;23-16-11-25-27(12-16)13-17-2-4-20(30-17)21(28)26-7-5-22(6-8-26)14-29-19-3-1-15(10-24)9-18(19)22/h2-8,13-14H,9-12,15-16,26H2,1H3;1-4,9-11,13-14H,5-8,12,15,24H2;1-4,9,11-12H,5-8,10,13-14,24H2. The number of piperidine rings is 3. The van der Waals surface area contributed by atoms with Crippen molar-refractivity contribution in [3.63, 3.8) is 0 Å². The van der Waals surface area contributed by atoms with Crippen LogP contribution in [-0.4, -0.2) is 113 Å². The van der Waals surface area contributed by atoms with Crippen molar-refractivity contribution in [2.45, 2.75) is 80.9 Å². The van der Waals surface area contributed by atoms with Crippen LogP contribution >= 0.6 is 22.9 Å². The van der Waals surface area contributed by atoms with Gasteiger partial charge in [0.2, 0.25) is 0 Å². The molecule has 9 aromatic rings. The molecule has 6 aliphatic rings. The van der Waals surface area contributed by atoms with Gasteiger partial charge in [-0.2, -0.15) is 5.10 Å². The highest BCUT2D eigenvalue weighted by Crippen LogP contribution is 2.49. The number of nitrogens with zero attached hydrogens (tertiary/aromatic N) is 6. The smallest absolute Gasteiger partial charge is 0.289 e. The van der Waals surface area contributed by atoms with Crippen molar-refractivity contribution in [2.24, 2.45) is 17.2 Å². The number of thiophene rings is 1. The second kappa shape index (κ2) is 25.6. The van der Waals surface area contributed by atoms with Gasteiger partial charge >= 0.3 is 0 Å². The Morgan fingerprint density at radius 1 is 0.567 bits per heavy atom. The van der Waals surface area contributed by atoms with E-state index in [0.29, 0.717) is 106 Å². The van der Waals surface area contributed by atoms with Crippen LogP contribution in [0, 0.1) is 0 Å². The minimum Gasteiger partial charge on any atom is -0.497 e. The summed E-state index contributed by atoms with van der Waals surface area (Å²) in [6, 6.07) is 39.4. The Labute approximate surface area is 531 Å². The third-order valence-electron chi connectivity index (χ3n) is 18.8. The number of likely N-dealkylation sites (tertiary alicyclic amines) is 3. The van der Waals surface area contributed by atoms with Gasteiger partial charge in [-0.1, -0.05) is 66.2 Å². The predicted molar refractivity (Wildman–Crippen MR) is 343 cm³/mol. The fourth-order valence-electron chi connectivity index (χ4n) is 13.4. The minimum atomic E-state index is -0.0792. The molecule has 6 aliphatic heterocycles. The second-order valence-corrected chi connectivity index (χ2v) is 25.5. The summed E-state index contributed by atoms with van der Waals surface area (Å²) in [7, 11) is 1.63. The average molecular weight is 1250 g/mol. The molecule has 90 heavy (non-hydrogen) atoms. The first-order chi connectivity index (χ1) is 43.9. The fraction of sp³-hybridized carbons (Fsp3) is 0.329. The quantitative estimate of drug-likeness (QED) is 0.109. The summed E-state index contributed by atoms with van der Waals surface area (Å²) in [4.78, 5) is 50.3. The first-order valence-corrected chi connectivity index (χ1v) is 31.9. The third kappa shape index (κ3) is 12.1. The van der Waals surface area contributed by atoms with Gasteiger partial charge in [0, 0.05) is 126 Å². The predicted octanol–water partition coefficient (Wildman–Crippen LogP) is 11.0. The Morgan fingerprint density at radius 3 is 1.58 bits per heavy atom. The largest absolute Gasteiger partial charge is 0.497 e. The molecule has 0 bridgehead atoms. The fourth-order valence-corrected chi connectivity index (χ4v) is 14.3. The number of halogens is 1. The van der Waals surface area contributed by atoms with Crippen molar-refractivity contribution in [3.8, 4) is 44.8 Å². The maximum absolute atomic E-state index is 13.1. The number of carbonyl (C=O) groups is 3. The molecular formula is C70H72ClN9O9S. The number of fused-ring (bicyclic) bond motifs is 6. The first kappa shape index (κ1) is 60.2. The zero-order valence-electron chi connectivity index (χ0n) is 50.2. The molecule has 3 fully saturated rings. The molecule has 0 atom stereocenters. The Bertz CT molecular complexity index is 4060. The van der Waals surface area contributed by atoms with Crippen molar-refractivity contribution in [1.29, 1.82) is 0 Å². The highest BCUT2D eigenvalue weighted by molar-refractivity contribution is 7.13. The van der Waals surface area contributed by atoms with Crippen LogP contribution in [0.25, 0.3) is 21.8 Å². The molecule has 5 aromatic heterocycles. The molecule has 3 spiro atoms. The monoisotopic (exact) mass is 1250 g/mol. The van der Waals surface area contributed by atoms with Gasteiger partial charge in [0.25, 0.3) is 17.7 Å². The van der Waals surface area contributed by atoms with Gasteiger partial charge in [0.1, 0.15) is 34.5 Å². The number of methoxy groups -OCH3 is 1. The maximum atomic E-state index is 13.1. The summed E-state index contributed by atoms with van der Waals surface area (Å²) in [5.74, 6) is 5.56. The number of rotatable bonds is 11. The second-order valence-electron chi connectivity index (χ2n) is 24.1. The summed E-state index contributed by atoms with van der Waals surface area (Å²) in [6.07, 6.45) is 12.0. The number of benzene rings is 4. The van der Waals surface area contributed by atoms with Crippen molar-refractivity contribution >= 4 is 40.7 Å². The minimum absolute atomic E-state index is 0.00560. The van der Waals surface area contributed by atoms with E-state index in [9.17, 15) is 14.4 Å². The highest BCUT2D eigenvalue weighted by Gasteiger charge is 2.47. The molecule has 18 nitrogen and oxygen atoms in total. The Kier molecular flexibility index (Phi) is 17.2. The first-order valence-electron chi connectivity index (χ1n) is 30.6. The molecule has 0 unspecified atom stereocenters. The molecule has 4 aromatic carbocycles. The number of hydrogen-bond acceptors (Lipinski definition) is 15. The van der Waals surface area contributed by atoms with Crippen LogP contribution < -0.4 is 36.1 Å². The van der Waals surface area contributed by atoms with Gasteiger partial charge in [-0.05, 0) is 127 Å².